The third kappa shape index (κ3) is 4.76. The number of methoxy groups -OCH3 is 1. The summed E-state index contributed by atoms with van der Waals surface area (Å²) in [4.78, 5) is 21.0. The largest absolute Gasteiger partial charge is 0.377 e. The van der Waals surface area contributed by atoms with Crippen molar-refractivity contribution in [2.75, 3.05) is 32.3 Å². The first kappa shape index (κ1) is 25.2. The smallest absolute Gasteiger partial charge is 0.220 e. The molecule has 5 heterocycles. The molecule has 1 saturated carbocycles. The van der Waals surface area contributed by atoms with Gasteiger partial charge in [-0.05, 0) is 36.8 Å². The second-order valence-corrected chi connectivity index (χ2v) is 10.9. The fourth-order valence-corrected chi connectivity index (χ4v) is 5.93. The maximum atomic E-state index is 6.38. The summed E-state index contributed by atoms with van der Waals surface area (Å²) in [5.41, 5.74) is 3.85. The van der Waals surface area contributed by atoms with Gasteiger partial charge in [0, 0.05) is 38.7 Å². The molecule has 2 atom stereocenters. The lowest BCUT2D eigenvalue weighted by Gasteiger charge is -2.31. The summed E-state index contributed by atoms with van der Waals surface area (Å²) in [5.74, 6) is 2.59. The van der Waals surface area contributed by atoms with Gasteiger partial charge in [-0.3, -0.25) is 4.98 Å². The highest BCUT2D eigenvalue weighted by Gasteiger charge is 2.35. The molecule has 11 heteroatoms. The van der Waals surface area contributed by atoms with Gasteiger partial charge in [0.1, 0.15) is 11.8 Å². The highest BCUT2D eigenvalue weighted by atomic mass is 35.5. The Kier molecular flexibility index (Phi) is 7.03. The summed E-state index contributed by atoms with van der Waals surface area (Å²) in [5, 5.41) is 4.57. The molecule has 2 aliphatic rings. The number of hydrogen-bond acceptors (Lipinski definition) is 9. The molecule has 0 aromatic carbocycles. The number of pyridine rings is 2. The van der Waals surface area contributed by atoms with Crippen LogP contribution in [-0.2, 0) is 16.0 Å². The fourth-order valence-electron chi connectivity index (χ4n) is 5.75. The summed E-state index contributed by atoms with van der Waals surface area (Å²) < 4.78 is 18.9. The summed E-state index contributed by atoms with van der Waals surface area (Å²) >= 11 is 6.38. The van der Waals surface area contributed by atoms with E-state index in [9.17, 15) is 0 Å². The van der Waals surface area contributed by atoms with Gasteiger partial charge in [0.05, 0.1) is 41.0 Å². The number of halogens is 1. The minimum atomic E-state index is -0.0339. The van der Waals surface area contributed by atoms with Crippen molar-refractivity contribution in [3.8, 4) is 22.8 Å². The number of ether oxygens (including phenoxy) is 2. The third-order valence-corrected chi connectivity index (χ3v) is 8.17. The second kappa shape index (κ2) is 10.6. The van der Waals surface area contributed by atoms with E-state index in [0.29, 0.717) is 35.7 Å². The van der Waals surface area contributed by atoms with Crippen molar-refractivity contribution in [1.82, 2.24) is 29.7 Å². The number of nitrogens with zero attached hydrogens (tertiary/aromatic N) is 7. The number of imidazole rings is 1. The average Bonchev–Trinajstić information content (AvgIpc) is 3.69. The molecule has 1 saturated heterocycles. The van der Waals surface area contributed by atoms with Crippen molar-refractivity contribution in [2.45, 2.75) is 51.3 Å². The number of rotatable bonds is 7. The number of aromatic nitrogens is 6. The lowest BCUT2D eigenvalue weighted by atomic mass is 9.83. The first-order chi connectivity index (χ1) is 18.5. The first-order valence-electron chi connectivity index (χ1n) is 13.1. The lowest BCUT2D eigenvalue weighted by molar-refractivity contribution is 0.0770. The molecular formula is C27H32ClN7O3. The molecule has 2 fully saturated rings. The summed E-state index contributed by atoms with van der Waals surface area (Å²) in [6, 6.07) is 3.85. The molecule has 4 aromatic heterocycles. The summed E-state index contributed by atoms with van der Waals surface area (Å²) in [7, 11) is 3.80. The fraction of sp³-hybridized carbons (Fsp3) is 0.519. The van der Waals surface area contributed by atoms with Crippen LogP contribution in [0.4, 0.5) is 5.95 Å². The Morgan fingerprint density at radius 1 is 1.13 bits per heavy atom. The Morgan fingerprint density at radius 2 is 1.97 bits per heavy atom. The van der Waals surface area contributed by atoms with E-state index in [0.717, 1.165) is 40.7 Å². The molecular weight excluding hydrogens is 506 g/mol. The van der Waals surface area contributed by atoms with Crippen LogP contribution in [0.3, 0.4) is 0 Å². The molecule has 0 bridgehead atoms. The van der Waals surface area contributed by atoms with Crippen LogP contribution in [0.25, 0.3) is 33.8 Å². The maximum absolute atomic E-state index is 6.38. The van der Waals surface area contributed by atoms with Gasteiger partial charge < -0.3 is 23.5 Å². The minimum absolute atomic E-state index is 0.0339. The Labute approximate surface area is 226 Å². The molecule has 10 nitrogen and oxygen atoms in total. The van der Waals surface area contributed by atoms with Gasteiger partial charge in [-0.2, -0.15) is 4.98 Å². The van der Waals surface area contributed by atoms with Crippen LogP contribution in [0.2, 0.25) is 5.02 Å². The van der Waals surface area contributed by atoms with Gasteiger partial charge in [-0.25, -0.2) is 9.97 Å². The quantitative estimate of drug-likeness (QED) is 0.326. The standard InChI is InChI=1S/C27H32ClN7O3/c1-16-4-6-17(7-5-16)12-35-25-20(32-27(35)34(2)22-13-37-14-23(22)36-3)9-21(26-30-15-38-33-26)31-24(25)18-8-19(28)11-29-10-18/h8-11,15-17,22-23H,4-7,12-14H2,1-3H3/t16?,17?,22-,23-/m1/s1. The third-order valence-electron chi connectivity index (χ3n) is 7.96. The van der Waals surface area contributed by atoms with E-state index in [1.54, 1.807) is 19.5 Å². The number of fused-ring (bicyclic) bond motifs is 1. The normalized spacial score (nSPS) is 23.8. The molecule has 0 spiro atoms. The van der Waals surface area contributed by atoms with Crippen LogP contribution < -0.4 is 4.90 Å². The van der Waals surface area contributed by atoms with Gasteiger partial charge in [-0.15, -0.1) is 0 Å². The SMILES string of the molecule is CO[C@@H]1COC[C@H]1N(C)c1nc2cc(-c3ncon3)nc(-c3cncc(Cl)c3)c2n1CC1CCC(C)CC1. The number of likely N-dealkylation sites (N-methyl/N-ethyl adjacent to an activating group) is 1. The van der Waals surface area contributed by atoms with Gasteiger partial charge >= 0.3 is 0 Å². The minimum Gasteiger partial charge on any atom is -0.377 e. The highest BCUT2D eigenvalue weighted by molar-refractivity contribution is 6.30. The number of hydrogen-bond donors (Lipinski definition) is 0. The molecule has 1 aliphatic carbocycles. The van der Waals surface area contributed by atoms with E-state index < -0.39 is 0 Å². The van der Waals surface area contributed by atoms with Gasteiger partial charge in [0.25, 0.3) is 0 Å². The zero-order chi connectivity index (χ0) is 26.2. The summed E-state index contributed by atoms with van der Waals surface area (Å²) in [6.45, 7) is 4.34. The molecule has 200 valence electrons. The first-order valence-corrected chi connectivity index (χ1v) is 13.5. The Morgan fingerprint density at radius 3 is 2.71 bits per heavy atom. The average molecular weight is 538 g/mol. The van der Waals surface area contributed by atoms with Gasteiger partial charge in [0.2, 0.25) is 18.2 Å². The highest BCUT2D eigenvalue weighted by Crippen LogP contribution is 2.37. The lowest BCUT2D eigenvalue weighted by Crippen LogP contribution is -2.43. The van der Waals surface area contributed by atoms with Crippen LogP contribution in [-0.4, -0.2) is 69.2 Å². The van der Waals surface area contributed by atoms with E-state index in [1.165, 1.54) is 32.1 Å². The Hall–Kier alpha value is -3.08. The van der Waals surface area contributed by atoms with Gasteiger partial charge in [0.15, 0.2) is 0 Å². The topological polar surface area (TPSA) is 104 Å². The molecule has 1 aliphatic heterocycles. The molecule has 0 N–H and O–H groups in total. The monoisotopic (exact) mass is 537 g/mol. The van der Waals surface area contributed by atoms with Crippen molar-refractivity contribution in [2.24, 2.45) is 11.8 Å². The zero-order valence-electron chi connectivity index (χ0n) is 21.9. The predicted octanol–water partition coefficient (Wildman–Crippen LogP) is 4.87. The van der Waals surface area contributed by atoms with Gasteiger partial charge in [-0.1, -0.05) is 36.5 Å². The van der Waals surface area contributed by atoms with Crippen molar-refractivity contribution in [1.29, 1.82) is 0 Å². The van der Waals surface area contributed by atoms with E-state index in [4.69, 9.17) is 35.6 Å². The van der Waals surface area contributed by atoms with Crippen LogP contribution in [0.15, 0.2) is 35.4 Å². The zero-order valence-corrected chi connectivity index (χ0v) is 22.6. The maximum Gasteiger partial charge on any atom is 0.220 e. The second-order valence-electron chi connectivity index (χ2n) is 10.5. The Bertz CT molecular complexity index is 1400. The van der Waals surface area contributed by atoms with Crippen LogP contribution in [0, 0.1) is 11.8 Å². The van der Waals surface area contributed by atoms with Crippen molar-refractivity contribution in [3.63, 3.8) is 0 Å². The Balaban J connectivity index is 1.55. The van der Waals surface area contributed by atoms with Crippen LogP contribution >= 0.6 is 11.6 Å². The molecule has 0 amide bonds. The molecule has 0 unspecified atom stereocenters. The van der Waals surface area contributed by atoms with Crippen molar-refractivity contribution >= 4 is 28.6 Å². The molecule has 6 rings (SSSR count). The van der Waals surface area contributed by atoms with Crippen molar-refractivity contribution < 1.29 is 14.0 Å². The van der Waals surface area contributed by atoms with E-state index in [-0.39, 0.29) is 12.1 Å². The van der Waals surface area contributed by atoms with Crippen LogP contribution in [0.1, 0.15) is 32.6 Å². The van der Waals surface area contributed by atoms with E-state index in [2.05, 4.69) is 38.6 Å². The molecule has 4 aromatic rings. The molecule has 0 radical (unpaired) electrons. The van der Waals surface area contributed by atoms with Crippen molar-refractivity contribution in [3.05, 3.63) is 35.9 Å². The molecule has 38 heavy (non-hydrogen) atoms. The number of anilines is 1. The predicted molar refractivity (Wildman–Crippen MR) is 144 cm³/mol. The summed E-state index contributed by atoms with van der Waals surface area (Å²) in [6.07, 6.45) is 9.55. The van der Waals surface area contributed by atoms with E-state index >= 15 is 0 Å². The van der Waals surface area contributed by atoms with Crippen LogP contribution in [0.5, 0.6) is 0 Å². The van der Waals surface area contributed by atoms with E-state index in [1.807, 2.05) is 12.1 Å².